The maximum absolute atomic E-state index is 4.06. The Hall–Kier alpha value is -0.260. The molecule has 0 radical (unpaired) electrons. The van der Waals surface area contributed by atoms with Crippen molar-refractivity contribution in [2.24, 2.45) is 17.3 Å². The van der Waals surface area contributed by atoms with Crippen molar-refractivity contribution in [3.8, 4) is 0 Å². The van der Waals surface area contributed by atoms with E-state index in [2.05, 4.69) is 48.1 Å². The second-order valence-corrected chi connectivity index (χ2v) is 5.02. The number of hydrogen-bond donors (Lipinski definition) is 0. The molecular formula is C12H24. The van der Waals surface area contributed by atoms with Crippen LogP contribution in [0.5, 0.6) is 0 Å². The van der Waals surface area contributed by atoms with Gasteiger partial charge in [0.05, 0.1) is 0 Å². The van der Waals surface area contributed by atoms with Crippen LogP contribution in [0, 0.1) is 17.3 Å². The molecule has 0 saturated heterocycles. The maximum Gasteiger partial charge on any atom is -0.0181 e. The van der Waals surface area contributed by atoms with Gasteiger partial charge in [-0.2, -0.15) is 0 Å². The Morgan fingerprint density at radius 2 is 1.75 bits per heavy atom. The van der Waals surface area contributed by atoms with Crippen molar-refractivity contribution >= 4 is 0 Å². The minimum absolute atomic E-state index is 0.402. The highest BCUT2D eigenvalue weighted by atomic mass is 14.3. The lowest BCUT2D eigenvalue weighted by atomic mass is 9.71. The average molecular weight is 168 g/mol. The fraction of sp³-hybridized carbons (Fsp3) is 0.833. The molecule has 0 saturated carbocycles. The molecule has 0 spiro atoms. The van der Waals surface area contributed by atoms with Gasteiger partial charge in [-0.15, -0.1) is 0 Å². The third kappa shape index (κ3) is 3.00. The Labute approximate surface area is 78.1 Å². The summed E-state index contributed by atoms with van der Waals surface area (Å²) in [5.41, 5.74) is 1.74. The summed E-state index contributed by atoms with van der Waals surface area (Å²) in [6.07, 6.45) is 1.22. The van der Waals surface area contributed by atoms with Gasteiger partial charge >= 0.3 is 0 Å². The molecule has 0 fully saturated rings. The molecule has 72 valence electrons. The lowest BCUT2D eigenvalue weighted by Gasteiger charge is -2.34. The minimum atomic E-state index is 0.402. The van der Waals surface area contributed by atoms with Gasteiger partial charge in [-0.25, -0.2) is 0 Å². The number of hydrogen-bond acceptors (Lipinski definition) is 0. The van der Waals surface area contributed by atoms with Crippen molar-refractivity contribution < 1.29 is 0 Å². The van der Waals surface area contributed by atoms with Crippen molar-refractivity contribution in [3.05, 3.63) is 12.2 Å². The van der Waals surface area contributed by atoms with Crippen LogP contribution < -0.4 is 0 Å². The van der Waals surface area contributed by atoms with Crippen LogP contribution in [-0.2, 0) is 0 Å². The molecule has 0 N–H and O–H groups in total. The Morgan fingerprint density at radius 1 is 1.33 bits per heavy atom. The van der Waals surface area contributed by atoms with E-state index in [1.165, 1.54) is 12.0 Å². The SMILES string of the molecule is C=C(C)C(CC)C(C)C(C)(C)C. The van der Waals surface area contributed by atoms with E-state index in [0.717, 1.165) is 5.92 Å². The van der Waals surface area contributed by atoms with Crippen molar-refractivity contribution in [3.63, 3.8) is 0 Å². The molecule has 0 aliphatic heterocycles. The molecule has 12 heavy (non-hydrogen) atoms. The Bertz CT molecular complexity index is 148. The van der Waals surface area contributed by atoms with Crippen LogP contribution in [0.3, 0.4) is 0 Å². The van der Waals surface area contributed by atoms with E-state index in [1.807, 2.05) is 0 Å². The zero-order valence-corrected chi connectivity index (χ0v) is 9.57. The smallest absolute Gasteiger partial charge is 0.0181 e. The third-order valence-corrected chi connectivity index (χ3v) is 3.04. The minimum Gasteiger partial charge on any atom is -0.0999 e. The number of allylic oxidation sites excluding steroid dienone is 1. The molecule has 0 bridgehead atoms. The van der Waals surface area contributed by atoms with Crippen LogP contribution in [-0.4, -0.2) is 0 Å². The molecule has 0 aromatic rings. The quantitative estimate of drug-likeness (QED) is 0.552. The van der Waals surface area contributed by atoms with Gasteiger partial charge in [0.1, 0.15) is 0 Å². The first-order valence-electron chi connectivity index (χ1n) is 4.96. The molecular weight excluding hydrogens is 144 g/mol. The van der Waals surface area contributed by atoms with Crippen molar-refractivity contribution in [1.82, 2.24) is 0 Å². The fourth-order valence-electron chi connectivity index (χ4n) is 1.73. The summed E-state index contributed by atoms with van der Waals surface area (Å²) < 4.78 is 0. The highest BCUT2D eigenvalue weighted by molar-refractivity contribution is 4.99. The first-order valence-corrected chi connectivity index (χ1v) is 4.96. The van der Waals surface area contributed by atoms with Crippen LogP contribution in [0.15, 0.2) is 12.2 Å². The summed E-state index contributed by atoms with van der Waals surface area (Å²) in [6.45, 7) is 17.7. The van der Waals surface area contributed by atoms with Crippen molar-refractivity contribution in [2.45, 2.75) is 48.0 Å². The third-order valence-electron chi connectivity index (χ3n) is 3.04. The predicted molar refractivity (Wildman–Crippen MR) is 57.2 cm³/mol. The Morgan fingerprint density at radius 3 is 1.83 bits per heavy atom. The first-order chi connectivity index (χ1) is 5.30. The summed E-state index contributed by atoms with van der Waals surface area (Å²) in [4.78, 5) is 0. The van der Waals surface area contributed by atoms with E-state index in [-0.39, 0.29) is 0 Å². The summed E-state index contributed by atoms with van der Waals surface area (Å²) in [5.74, 6) is 1.41. The van der Waals surface area contributed by atoms with E-state index in [1.54, 1.807) is 0 Å². The van der Waals surface area contributed by atoms with Gasteiger partial charge in [-0.3, -0.25) is 0 Å². The van der Waals surface area contributed by atoms with Gasteiger partial charge < -0.3 is 0 Å². The van der Waals surface area contributed by atoms with Gasteiger partial charge in [-0.05, 0) is 30.6 Å². The molecule has 0 aliphatic carbocycles. The second kappa shape index (κ2) is 4.11. The highest BCUT2D eigenvalue weighted by Crippen LogP contribution is 2.36. The molecule has 0 amide bonds. The summed E-state index contributed by atoms with van der Waals surface area (Å²) in [6, 6.07) is 0. The Balaban J connectivity index is 4.42. The van der Waals surface area contributed by atoms with E-state index >= 15 is 0 Å². The van der Waals surface area contributed by atoms with Crippen LogP contribution >= 0.6 is 0 Å². The maximum atomic E-state index is 4.06. The molecule has 0 aromatic heterocycles. The molecule has 2 unspecified atom stereocenters. The molecule has 0 rings (SSSR count). The zero-order chi connectivity index (χ0) is 9.94. The van der Waals surface area contributed by atoms with Crippen LogP contribution in [0.4, 0.5) is 0 Å². The monoisotopic (exact) mass is 168 g/mol. The summed E-state index contributed by atoms with van der Waals surface area (Å²) in [7, 11) is 0. The fourth-order valence-corrected chi connectivity index (χ4v) is 1.73. The van der Waals surface area contributed by atoms with Crippen molar-refractivity contribution in [2.75, 3.05) is 0 Å². The standard InChI is InChI=1S/C12H24/c1-8-11(9(2)3)10(4)12(5,6)7/h10-11H,2,8H2,1,3-7H3. The second-order valence-electron chi connectivity index (χ2n) is 5.02. The van der Waals surface area contributed by atoms with E-state index in [0.29, 0.717) is 11.3 Å². The molecule has 0 aliphatic rings. The molecule has 0 aromatic carbocycles. The Kier molecular flexibility index (Phi) is 4.02. The van der Waals surface area contributed by atoms with Gasteiger partial charge in [0.15, 0.2) is 0 Å². The lowest BCUT2D eigenvalue weighted by Crippen LogP contribution is -2.25. The van der Waals surface area contributed by atoms with Gasteiger partial charge in [-0.1, -0.05) is 46.8 Å². The van der Waals surface area contributed by atoms with Crippen LogP contribution in [0.1, 0.15) is 48.0 Å². The normalized spacial score (nSPS) is 17.2. The molecule has 0 nitrogen and oxygen atoms in total. The van der Waals surface area contributed by atoms with Gasteiger partial charge in [0, 0.05) is 0 Å². The lowest BCUT2D eigenvalue weighted by molar-refractivity contribution is 0.194. The van der Waals surface area contributed by atoms with Crippen molar-refractivity contribution in [1.29, 1.82) is 0 Å². The van der Waals surface area contributed by atoms with E-state index in [9.17, 15) is 0 Å². The van der Waals surface area contributed by atoms with Gasteiger partial charge in [0.25, 0.3) is 0 Å². The molecule has 0 heteroatoms. The van der Waals surface area contributed by atoms with E-state index in [4.69, 9.17) is 0 Å². The predicted octanol–water partition coefficient (Wildman–Crippen LogP) is 4.27. The topological polar surface area (TPSA) is 0 Å². The summed E-state index contributed by atoms with van der Waals surface area (Å²) >= 11 is 0. The first kappa shape index (κ1) is 11.7. The van der Waals surface area contributed by atoms with Crippen LogP contribution in [0.2, 0.25) is 0 Å². The highest BCUT2D eigenvalue weighted by Gasteiger charge is 2.27. The molecule has 0 heterocycles. The molecule has 2 atom stereocenters. The van der Waals surface area contributed by atoms with E-state index < -0.39 is 0 Å². The number of rotatable bonds is 3. The summed E-state index contributed by atoms with van der Waals surface area (Å²) in [5, 5.41) is 0. The average Bonchev–Trinajstić information content (AvgIpc) is 1.86. The largest absolute Gasteiger partial charge is 0.0999 e. The van der Waals surface area contributed by atoms with Gasteiger partial charge in [0.2, 0.25) is 0 Å². The van der Waals surface area contributed by atoms with Crippen LogP contribution in [0.25, 0.3) is 0 Å². The zero-order valence-electron chi connectivity index (χ0n) is 9.57.